The Morgan fingerprint density at radius 1 is 1.29 bits per heavy atom. The number of hydrogen-bond acceptors (Lipinski definition) is 4. The summed E-state index contributed by atoms with van der Waals surface area (Å²) in [5.41, 5.74) is 7.01. The summed E-state index contributed by atoms with van der Waals surface area (Å²) in [4.78, 5) is 0.151. The lowest BCUT2D eigenvalue weighted by Crippen LogP contribution is -2.24. The lowest BCUT2D eigenvalue weighted by atomic mass is 10.1. The zero-order valence-electron chi connectivity index (χ0n) is 13.4. The van der Waals surface area contributed by atoms with Gasteiger partial charge in [0, 0.05) is 20.1 Å². The third-order valence-electron chi connectivity index (χ3n) is 3.47. The highest BCUT2D eigenvalue weighted by molar-refractivity contribution is 7.89. The molecule has 1 unspecified atom stereocenters. The predicted octanol–water partition coefficient (Wildman–Crippen LogP) is 2.90. The van der Waals surface area contributed by atoms with Crippen molar-refractivity contribution in [2.75, 3.05) is 25.1 Å². The van der Waals surface area contributed by atoms with Gasteiger partial charge in [0.2, 0.25) is 10.0 Å². The second-order valence-corrected chi connectivity index (χ2v) is 7.67. The van der Waals surface area contributed by atoms with Crippen LogP contribution in [0, 0.1) is 0 Å². The Bertz CT molecular complexity index is 556. The zero-order chi connectivity index (χ0) is 16.0. The minimum atomic E-state index is -3.52. The van der Waals surface area contributed by atoms with Crippen molar-refractivity contribution >= 4 is 21.4 Å². The summed E-state index contributed by atoms with van der Waals surface area (Å²) < 4.78 is 25.6. The normalized spacial score (nSPS) is 13.4. The molecule has 0 amide bonds. The second-order valence-electron chi connectivity index (χ2n) is 5.55. The van der Waals surface area contributed by atoms with E-state index < -0.39 is 10.0 Å². The Morgan fingerprint density at radius 3 is 2.52 bits per heavy atom. The highest BCUT2D eigenvalue weighted by atomic mass is 32.2. The van der Waals surface area contributed by atoms with Crippen LogP contribution in [-0.2, 0) is 10.0 Å². The zero-order valence-corrected chi connectivity index (χ0v) is 14.2. The molecule has 120 valence electrons. The van der Waals surface area contributed by atoms with Crippen molar-refractivity contribution in [1.82, 2.24) is 4.31 Å². The number of benzene rings is 1. The van der Waals surface area contributed by atoms with E-state index in [0.29, 0.717) is 5.69 Å². The molecule has 21 heavy (non-hydrogen) atoms. The first-order valence-electron chi connectivity index (χ1n) is 7.38. The van der Waals surface area contributed by atoms with Crippen LogP contribution in [0.1, 0.15) is 39.5 Å². The molecule has 0 aliphatic carbocycles. The Balaban J connectivity index is 2.91. The molecule has 0 spiro atoms. The summed E-state index contributed by atoms with van der Waals surface area (Å²) in [7, 11) is -0.514. The summed E-state index contributed by atoms with van der Waals surface area (Å²) >= 11 is 0. The van der Waals surface area contributed by atoms with Gasteiger partial charge in [-0.3, -0.25) is 0 Å². The quantitative estimate of drug-likeness (QED) is 0.571. The standard InChI is InChI=1S/C15H27N3O2S/c1-5-6-7-9-12(2)17-13-10-8-11-14(15(13)16)21(19,20)18(3)4/h8,10-12,17H,5-7,9,16H2,1-4H3. The van der Waals surface area contributed by atoms with Crippen molar-refractivity contribution in [3.05, 3.63) is 18.2 Å². The van der Waals surface area contributed by atoms with Crippen molar-refractivity contribution in [1.29, 1.82) is 0 Å². The van der Waals surface area contributed by atoms with E-state index >= 15 is 0 Å². The first-order valence-corrected chi connectivity index (χ1v) is 8.82. The molecule has 0 aromatic heterocycles. The molecule has 0 aliphatic rings. The molecule has 0 heterocycles. The molecular formula is C15H27N3O2S. The van der Waals surface area contributed by atoms with Crippen LogP contribution in [0.3, 0.4) is 0 Å². The predicted molar refractivity (Wildman–Crippen MR) is 89.0 cm³/mol. The van der Waals surface area contributed by atoms with Gasteiger partial charge in [-0.2, -0.15) is 0 Å². The molecule has 3 N–H and O–H groups in total. The smallest absolute Gasteiger partial charge is 0.244 e. The summed E-state index contributed by atoms with van der Waals surface area (Å²) in [6, 6.07) is 5.34. The van der Waals surface area contributed by atoms with Crippen LogP contribution in [0.5, 0.6) is 0 Å². The number of hydrogen-bond donors (Lipinski definition) is 2. The molecule has 0 fully saturated rings. The third-order valence-corrected chi connectivity index (χ3v) is 5.34. The summed E-state index contributed by atoms with van der Waals surface area (Å²) in [6.45, 7) is 4.26. The van der Waals surface area contributed by atoms with Crippen LogP contribution in [0.25, 0.3) is 0 Å². The van der Waals surface area contributed by atoms with Gasteiger partial charge >= 0.3 is 0 Å². The molecule has 0 saturated carbocycles. The lowest BCUT2D eigenvalue weighted by molar-refractivity contribution is 0.521. The van der Waals surface area contributed by atoms with E-state index in [1.54, 1.807) is 6.07 Å². The number of nitrogens with one attached hydrogen (secondary N) is 1. The molecule has 1 aromatic rings. The summed E-state index contributed by atoms with van der Waals surface area (Å²) in [5.74, 6) is 0. The van der Waals surface area contributed by atoms with Crippen LogP contribution >= 0.6 is 0 Å². The first-order chi connectivity index (χ1) is 9.80. The van der Waals surface area contributed by atoms with Gasteiger partial charge in [-0.15, -0.1) is 0 Å². The Kier molecular flexibility index (Phi) is 6.48. The monoisotopic (exact) mass is 313 g/mol. The maximum absolute atomic E-state index is 12.2. The van der Waals surface area contributed by atoms with Gasteiger partial charge in [0.25, 0.3) is 0 Å². The molecule has 0 aliphatic heterocycles. The number of unbranched alkanes of at least 4 members (excludes halogenated alkanes) is 2. The van der Waals surface area contributed by atoms with E-state index in [1.807, 2.05) is 6.07 Å². The van der Waals surface area contributed by atoms with Gasteiger partial charge in [-0.1, -0.05) is 32.3 Å². The highest BCUT2D eigenvalue weighted by Gasteiger charge is 2.21. The molecule has 6 heteroatoms. The van der Waals surface area contributed by atoms with E-state index in [1.165, 1.54) is 37.3 Å². The van der Waals surface area contributed by atoms with E-state index in [4.69, 9.17) is 5.73 Å². The Hall–Kier alpha value is -1.27. The highest BCUT2D eigenvalue weighted by Crippen LogP contribution is 2.29. The number of anilines is 2. The van der Waals surface area contributed by atoms with Crippen molar-refractivity contribution in [2.24, 2.45) is 0 Å². The molecule has 0 saturated heterocycles. The van der Waals surface area contributed by atoms with Gasteiger partial charge in [0.1, 0.15) is 4.90 Å². The average Bonchev–Trinajstić information content (AvgIpc) is 2.41. The number of nitrogen functional groups attached to an aromatic ring is 1. The lowest BCUT2D eigenvalue weighted by Gasteiger charge is -2.19. The number of para-hydroxylation sites is 1. The molecule has 0 radical (unpaired) electrons. The topological polar surface area (TPSA) is 75.4 Å². The van der Waals surface area contributed by atoms with Crippen molar-refractivity contribution in [3.63, 3.8) is 0 Å². The van der Waals surface area contributed by atoms with Crippen molar-refractivity contribution in [2.45, 2.75) is 50.5 Å². The van der Waals surface area contributed by atoms with Crippen LogP contribution in [-0.4, -0.2) is 32.9 Å². The summed E-state index contributed by atoms with van der Waals surface area (Å²) in [6.07, 6.45) is 4.58. The molecule has 1 atom stereocenters. The van der Waals surface area contributed by atoms with Crippen LogP contribution in [0.2, 0.25) is 0 Å². The SMILES string of the molecule is CCCCCC(C)Nc1cccc(S(=O)(=O)N(C)C)c1N. The van der Waals surface area contributed by atoms with Crippen LogP contribution < -0.4 is 11.1 Å². The number of nitrogens with zero attached hydrogens (tertiary/aromatic N) is 1. The fourth-order valence-electron chi connectivity index (χ4n) is 2.13. The Labute approximate surface area is 128 Å². The number of sulfonamides is 1. The number of nitrogens with two attached hydrogens (primary N) is 1. The molecule has 1 aromatic carbocycles. The van der Waals surface area contributed by atoms with Crippen molar-refractivity contribution < 1.29 is 8.42 Å². The van der Waals surface area contributed by atoms with E-state index in [9.17, 15) is 8.42 Å². The first kappa shape index (κ1) is 17.8. The van der Waals surface area contributed by atoms with Gasteiger partial charge in [0.15, 0.2) is 0 Å². The largest absolute Gasteiger partial charge is 0.396 e. The van der Waals surface area contributed by atoms with E-state index in [0.717, 1.165) is 12.8 Å². The minimum Gasteiger partial charge on any atom is -0.396 e. The molecule has 1 rings (SSSR count). The minimum absolute atomic E-state index is 0.151. The maximum Gasteiger partial charge on any atom is 0.244 e. The summed E-state index contributed by atoms with van der Waals surface area (Å²) in [5, 5.41) is 3.31. The van der Waals surface area contributed by atoms with Crippen molar-refractivity contribution in [3.8, 4) is 0 Å². The molecular weight excluding hydrogens is 286 g/mol. The molecule has 0 bridgehead atoms. The van der Waals surface area contributed by atoms with Gasteiger partial charge in [-0.05, 0) is 25.5 Å². The maximum atomic E-state index is 12.2. The average molecular weight is 313 g/mol. The van der Waals surface area contributed by atoms with Crippen LogP contribution in [0.15, 0.2) is 23.1 Å². The fourth-order valence-corrected chi connectivity index (χ4v) is 3.16. The fraction of sp³-hybridized carbons (Fsp3) is 0.600. The third kappa shape index (κ3) is 4.61. The molecule has 5 nitrogen and oxygen atoms in total. The van der Waals surface area contributed by atoms with Crippen LogP contribution in [0.4, 0.5) is 11.4 Å². The van der Waals surface area contributed by atoms with Gasteiger partial charge < -0.3 is 11.1 Å². The Morgan fingerprint density at radius 2 is 1.95 bits per heavy atom. The van der Waals surface area contributed by atoms with Gasteiger partial charge in [-0.25, -0.2) is 12.7 Å². The van der Waals surface area contributed by atoms with E-state index in [-0.39, 0.29) is 16.6 Å². The van der Waals surface area contributed by atoms with Gasteiger partial charge in [0.05, 0.1) is 11.4 Å². The number of rotatable bonds is 8. The van der Waals surface area contributed by atoms with E-state index in [2.05, 4.69) is 19.2 Å². The second kappa shape index (κ2) is 7.66.